The van der Waals surface area contributed by atoms with E-state index in [1.807, 2.05) is 6.07 Å². The van der Waals surface area contributed by atoms with E-state index in [2.05, 4.69) is 26.9 Å². The SMILES string of the molecule is CCCCCN(CCO)c1ccnc2ncnn12. The van der Waals surface area contributed by atoms with E-state index >= 15 is 0 Å². The van der Waals surface area contributed by atoms with Crippen LogP contribution in [0.1, 0.15) is 26.2 Å². The van der Waals surface area contributed by atoms with Gasteiger partial charge in [0.2, 0.25) is 0 Å². The molecule has 0 amide bonds. The van der Waals surface area contributed by atoms with Crippen molar-refractivity contribution in [2.45, 2.75) is 26.2 Å². The zero-order valence-corrected chi connectivity index (χ0v) is 10.7. The minimum Gasteiger partial charge on any atom is -0.395 e. The van der Waals surface area contributed by atoms with Gasteiger partial charge in [-0.1, -0.05) is 19.8 Å². The van der Waals surface area contributed by atoms with Crippen molar-refractivity contribution in [3.05, 3.63) is 18.6 Å². The van der Waals surface area contributed by atoms with Gasteiger partial charge in [-0.2, -0.15) is 14.6 Å². The van der Waals surface area contributed by atoms with Gasteiger partial charge in [0.25, 0.3) is 5.78 Å². The zero-order chi connectivity index (χ0) is 12.8. The van der Waals surface area contributed by atoms with Crippen LogP contribution in [-0.4, -0.2) is 44.4 Å². The molecule has 0 aliphatic heterocycles. The van der Waals surface area contributed by atoms with Gasteiger partial charge in [0, 0.05) is 19.3 Å². The van der Waals surface area contributed by atoms with Gasteiger partial charge >= 0.3 is 0 Å². The molecule has 2 heterocycles. The van der Waals surface area contributed by atoms with Crippen molar-refractivity contribution in [3.8, 4) is 0 Å². The highest BCUT2D eigenvalue weighted by Gasteiger charge is 2.10. The van der Waals surface area contributed by atoms with Crippen molar-refractivity contribution in [1.82, 2.24) is 19.6 Å². The number of rotatable bonds is 7. The fourth-order valence-corrected chi connectivity index (χ4v) is 1.98. The average molecular weight is 249 g/mol. The normalized spacial score (nSPS) is 11.0. The molecule has 0 atom stereocenters. The number of hydrogen-bond acceptors (Lipinski definition) is 5. The Morgan fingerprint density at radius 3 is 2.94 bits per heavy atom. The van der Waals surface area contributed by atoms with Crippen LogP contribution in [0.2, 0.25) is 0 Å². The molecule has 2 aromatic rings. The second kappa shape index (κ2) is 6.30. The molecule has 0 radical (unpaired) electrons. The van der Waals surface area contributed by atoms with Crippen molar-refractivity contribution in [2.75, 3.05) is 24.6 Å². The number of aromatic nitrogens is 4. The number of hydrogen-bond donors (Lipinski definition) is 1. The molecule has 98 valence electrons. The molecule has 0 aliphatic rings. The predicted octanol–water partition coefficient (Wildman–Crippen LogP) is 1.11. The van der Waals surface area contributed by atoms with E-state index in [0.717, 1.165) is 18.8 Å². The van der Waals surface area contributed by atoms with Crippen LogP contribution in [0.3, 0.4) is 0 Å². The summed E-state index contributed by atoms with van der Waals surface area (Å²) >= 11 is 0. The van der Waals surface area contributed by atoms with Gasteiger partial charge in [-0.3, -0.25) is 0 Å². The van der Waals surface area contributed by atoms with Gasteiger partial charge in [0.05, 0.1) is 6.61 Å². The Morgan fingerprint density at radius 2 is 2.17 bits per heavy atom. The highest BCUT2D eigenvalue weighted by atomic mass is 16.3. The zero-order valence-electron chi connectivity index (χ0n) is 10.7. The average Bonchev–Trinajstić information content (AvgIpc) is 2.86. The molecule has 0 aromatic carbocycles. The molecule has 0 saturated carbocycles. The van der Waals surface area contributed by atoms with Crippen molar-refractivity contribution >= 4 is 11.6 Å². The molecule has 0 bridgehead atoms. The van der Waals surface area contributed by atoms with Gasteiger partial charge in [-0.15, -0.1) is 0 Å². The lowest BCUT2D eigenvalue weighted by Crippen LogP contribution is -2.29. The summed E-state index contributed by atoms with van der Waals surface area (Å²) in [6.07, 6.45) is 6.70. The molecule has 2 rings (SSSR count). The quantitative estimate of drug-likeness (QED) is 0.745. The van der Waals surface area contributed by atoms with Gasteiger partial charge in [-0.25, -0.2) is 4.98 Å². The summed E-state index contributed by atoms with van der Waals surface area (Å²) in [5, 5.41) is 13.3. The first-order valence-electron chi connectivity index (χ1n) is 6.37. The number of anilines is 1. The minimum absolute atomic E-state index is 0.130. The fraction of sp³-hybridized carbons (Fsp3) is 0.583. The van der Waals surface area contributed by atoms with E-state index in [0.29, 0.717) is 12.3 Å². The maximum absolute atomic E-state index is 9.17. The molecule has 0 unspecified atom stereocenters. The Labute approximate surface area is 106 Å². The van der Waals surface area contributed by atoms with Crippen LogP contribution in [-0.2, 0) is 0 Å². The monoisotopic (exact) mass is 249 g/mol. The number of unbranched alkanes of at least 4 members (excludes halogenated alkanes) is 2. The van der Waals surface area contributed by atoms with E-state index in [1.165, 1.54) is 19.2 Å². The van der Waals surface area contributed by atoms with Gasteiger partial charge < -0.3 is 10.0 Å². The van der Waals surface area contributed by atoms with Gasteiger partial charge in [0.1, 0.15) is 12.1 Å². The second-order valence-corrected chi connectivity index (χ2v) is 4.19. The number of fused-ring (bicyclic) bond motifs is 1. The Bertz CT molecular complexity index is 484. The van der Waals surface area contributed by atoms with Crippen LogP contribution in [0.25, 0.3) is 5.78 Å². The molecular weight excluding hydrogens is 230 g/mol. The summed E-state index contributed by atoms with van der Waals surface area (Å²) in [5.74, 6) is 1.52. The lowest BCUT2D eigenvalue weighted by molar-refractivity contribution is 0.301. The molecule has 2 aromatic heterocycles. The molecule has 0 saturated heterocycles. The smallest absolute Gasteiger partial charge is 0.254 e. The molecule has 1 N–H and O–H groups in total. The molecule has 0 fully saturated rings. The van der Waals surface area contributed by atoms with Gasteiger partial charge in [-0.05, 0) is 12.5 Å². The van der Waals surface area contributed by atoms with Crippen molar-refractivity contribution in [2.24, 2.45) is 0 Å². The number of aliphatic hydroxyl groups is 1. The highest BCUT2D eigenvalue weighted by Crippen LogP contribution is 2.14. The van der Waals surface area contributed by atoms with Crippen LogP contribution < -0.4 is 4.90 Å². The summed E-state index contributed by atoms with van der Waals surface area (Å²) < 4.78 is 1.71. The van der Waals surface area contributed by atoms with Crippen molar-refractivity contribution in [1.29, 1.82) is 0 Å². The first-order valence-corrected chi connectivity index (χ1v) is 6.37. The van der Waals surface area contributed by atoms with Gasteiger partial charge in [0.15, 0.2) is 0 Å². The number of nitrogens with zero attached hydrogens (tertiary/aromatic N) is 5. The van der Waals surface area contributed by atoms with Crippen LogP contribution in [0.5, 0.6) is 0 Å². The Balaban J connectivity index is 2.20. The summed E-state index contributed by atoms with van der Waals surface area (Å²) in [4.78, 5) is 10.3. The summed E-state index contributed by atoms with van der Waals surface area (Å²) in [7, 11) is 0. The predicted molar refractivity (Wildman–Crippen MR) is 69.6 cm³/mol. The van der Waals surface area contributed by atoms with Crippen LogP contribution >= 0.6 is 0 Å². The first kappa shape index (κ1) is 12.8. The highest BCUT2D eigenvalue weighted by molar-refractivity contribution is 5.44. The summed E-state index contributed by atoms with van der Waals surface area (Å²) in [6.45, 7) is 3.82. The molecule has 6 heteroatoms. The summed E-state index contributed by atoms with van der Waals surface area (Å²) in [6, 6.07) is 1.91. The maximum atomic E-state index is 9.17. The van der Waals surface area contributed by atoms with Crippen LogP contribution in [0, 0.1) is 0 Å². The molecule has 0 spiro atoms. The molecule has 6 nitrogen and oxygen atoms in total. The Kier molecular flexibility index (Phi) is 4.46. The topological polar surface area (TPSA) is 66.5 Å². The van der Waals surface area contributed by atoms with E-state index in [4.69, 9.17) is 0 Å². The third-order valence-corrected chi connectivity index (χ3v) is 2.89. The van der Waals surface area contributed by atoms with Crippen molar-refractivity contribution < 1.29 is 5.11 Å². The molecule has 18 heavy (non-hydrogen) atoms. The van der Waals surface area contributed by atoms with Crippen LogP contribution in [0.15, 0.2) is 18.6 Å². The largest absolute Gasteiger partial charge is 0.395 e. The molecular formula is C12H19N5O. The van der Waals surface area contributed by atoms with E-state index in [9.17, 15) is 5.11 Å². The Hall–Kier alpha value is -1.69. The van der Waals surface area contributed by atoms with E-state index < -0.39 is 0 Å². The Morgan fingerprint density at radius 1 is 1.28 bits per heavy atom. The first-order chi connectivity index (χ1) is 8.86. The molecule has 0 aliphatic carbocycles. The minimum atomic E-state index is 0.130. The van der Waals surface area contributed by atoms with E-state index in [-0.39, 0.29) is 6.61 Å². The summed E-state index contributed by atoms with van der Waals surface area (Å²) in [5.41, 5.74) is 0. The third kappa shape index (κ3) is 2.76. The fourth-order valence-electron chi connectivity index (χ4n) is 1.98. The lowest BCUT2D eigenvalue weighted by atomic mass is 10.2. The lowest BCUT2D eigenvalue weighted by Gasteiger charge is -2.23. The third-order valence-electron chi connectivity index (χ3n) is 2.89. The van der Waals surface area contributed by atoms with Crippen LogP contribution in [0.4, 0.5) is 5.82 Å². The number of aliphatic hydroxyl groups excluding tert-OH is 1. The standard InChI is InChI=1S/C12H19N5O/c1-2-3-4-7-16(8-9-18)11-5-6-13-12-14-10-15-17(11)12/h5-6,10,18H,2-4,7-9H2,1H3. The maximum Gasteiger partial charge on any atom is 0.254 e. The van der Waals surface area contributed by atoms with Crippen molar-refractivity contribution in [3.63, 3.8) is 0 Å². The van der Waals surface area contributed by atoms with E-state index in [1.54, 1.807) is 10.7 Å². The second-order valence-electron chi connectivity index (χ2n) is 4.19.